The van der Waals surface area contributed by atoms with Crippen molar-refractivity contribution in [1.82, 2.24) is 0 Å². The number of hydrogen-bond donors (Lipinski definition) is 2. The molecule has 0 saturated heterocycles. The van der Waals surface area contributed by atoms with Gasteiger partial charge in [-0.1, -0.05) is 56.6 Å². The number of benzene rings is 2. The lowest BCUT2D eigenvalue weighted by Crippen LogP contribution is -2.27. The van der Waals surface area contributed by atoms with Crippen molar-refractivity contribution in [2.24, 2.45) is 5.41 Å². The van der Waals surface area contributed by atoms with E-state index in [1.807, 2.05) is 39.0 Å². The summed E-state index contributed by atoms with van der Waals surface area (Å²) >= 11 is 6.05. The first kappa shape index (κ1) is 18.7. The van der Waals surface area contributed by atoms with Crippen LogP contribution in [0.3, 0.4) is 0 Å². The highest BCUT2D eigenvalue weighted by atomic mass is 35.5. The maximum absolute atomic E-state index is 12.1. The van der Waals surface area contributed by atoms with Crippen LogP contribution >= 0.6 is 11.6 Å². The first-order valence-electron chi connectivity index (χ1n) is 7.91. The van der Waals surface area contributed by atoms with Crippen molar-refractivity contribution in [3.63, 3.8) is 0 Å². The van der Waals surface area contributed by atoms with E-state index in [4.69, 9.17) is 11.6 Å². The van der Waals surface area contributed by atoms with Crippen LogP contribution in [0.1, 0.15) is 26.3 Å². The number of amides is 2. The molecule has 25 heavy (non-hydrogen) atoms. The van der Waals surface area contributed by atoms with E-state index in [0.29, 0.717) is 16.4 Å². The van der Waals surface area contributed by atoms with Crippen molar-refractivity contribution < 1.29 is 9.59 Å². The van der Waals surface area contributed by atoms with Gasteiger partial charge in [0.2, 0.25) is 11.8 Å². The van der Waals surface area contributed by atoms with Crippen LogP contribution in [0, 0.1) is 5.41 Å². The molecule has 0 atom stereocenters. The molecule has 0 aromatic heterocycles. The maximum Gasteiger partial charge on any atom is 0.248 e. The van der Waals surface area contributed by atoms with Gasteiger partial charge in [0, 0.05) is 27.9 Å². The molecule has 2 aromatic rings. The number of anilines is 2. The number of nitrogens with one attached hydrogen (secondary N) is 2. The van der Waals surface area contributed by atoms with E-state index >= 15 is 0 Å². The van der Waals surface area contributed by atoms with Gasteiger partial charge in [0.15, 0.2) is 0 Å². The lowest BCUT2D eigenvalue weighted by molar-refractivity contribution is -0.123. The molecule has 2 aromatic carbocycles. The van der Waals surface area contributed by atoms with Crippen LogP contribution in [0.15, 0.2) is 54.6 Å². The Bertz CT molecular complexity index is 807. The lowest BCUT2D eigenvalue weighted by atomic mass is 9.95. The molecule has 0 aliphatic rings. The normalized spacial score (nSPS) is 11.4. The van der Waals surface area contributed by atoms with E-state index in [2.05, 4.69) is 10.6 Å². The van der Waals surface area contributed by atoms with Crippen LogP contribution in [-0.2, 0) is 9.59 Å². The van der Waals surface area contributed by atoms with Gasteiger partial charge >= 0.3 is 0 Å². The molecule has 130 valence electrons. The molecule has 2 amide bonds. The van der Waals surface area contributed by atoms with Crippen LogP contribution in [0.5, 0.6) is 0 Å². The standard InChI is InChI=1S/C20H21ClN2O2/c1-20(2,3)19(25)23-16-9-6-8-15(13-16)22-18(24)12-11-14-7-4-5-10-17(14)21/h4-13H,1-3H3,(H,22,24)(H,23,25)/b12-11+. The summed E-state index contributed by atoms with van der Waals surface area (Å²) in [7, 11) is 0. The second kappa shape index (κ2) is 7.99. The molecule has 5 heteroatoms. The largest absolute Gasteiger partial charge is 0.326 e. The van der Waals surface area contributed by atoms with Crippen molar-refractivity contribution >= 4 is 40.9 Å². The Morgan fingerprint density at radius 3 is 2.24 bits per heavy atom. The van der Waals surface area contributed by atoms with Gasteiger partial charge in [-0.25, -0.2) is 0 Å². The number of carbonyl (C=O) groups excluding carboxylic acids is 2. The minimum absolute atomic E-state index is 0.0883. The Balaban J connectivity index is 2.03. The Hall–Kier alpha value is -2.59. The van der Waals surface area contributed by atoms with Gasteiger partial charge in [0.25, 0.3) is 0 Å². The molecule has 2 N–H and O–H groups in total. The molecular weight excluding hydrogens is 336 g/mol. The Kier molecular flexibility index (Phi) is 5.99. The van der Waals surface area contributed by atoms with Crippen molar-refractivity contribution in [3.05, 3.63) is 65.2 Å². The molecule has 0 saturated carbocycles. The smallest absolute Gasteiger partial charge is 0.248 e. The summed E-state index contributed by atoms with van der Waals surface area (Å²) in [5, 5.41) is 6.18. The summed E-state index contributed by atoms with van der Waals surface area (Å²) in [6.45, 7) is 5.52. The van der Waals surface area contributed by atoms with Gasteiger partial charge < -0.3 is 10.6 Å². The van der Waals surface area contributed by atoms with Gasteiger partial charge in [0.05, 0.1) is 0 Å². The number of rotatable bonds is 4. The Labute approximate surface area is 152 Å². The molecule has 0 radical (unpaired) electrons. The average Bonchev–Trinajstić information content (AvgIpc) is 2.53. The van der Waals surface area contributed by atoms with Crippen LogP contribution in [0.4, 0.5) is 11.4 Å². The fourth-order valence-corrected chi connectivity index (χ4v) is 2.15. The highest BCUT2D eigenvalue weighted by molar-refractivity contribution is 6.32. The molecule has 0 spiro atoms. The van der Waals surface area contributed by atoms with E-state index in [0.717, 1.165) is 5.56 Å². The third kappa shape index (κ3) is 5.76. The third-order valence-electron chi connectivity index (χ3n) is 3.39. The minimum Gasteiger partial charge on any atom is -0.326 e. The van der Waals surface area contributed by atoms with Crippen LogP contribution < -0.4 is 10.6 Å². The first-order valence-corrected chi connectivity index (χ1v) is 8.28. The molecule has 0 heterocycles. The van der Waals surface area contributed by atoms with Crippen LogP contribution in [-0.4, -0.2) is 11.8 Å². The third-order valence-corrected chi connectivity index (χ3v) is 3.73. The predicted molar refractivity (Wildman–Crippen MR) is 104 cm³/mol. The quantitative estimate of drug-likeness (QED) is 0.759. The molecule has 0 fully saturated rings. The van der Waals surface area contributed by atoms with E-state index in [1.54, 1.807) is 36.4 Å². The van der Waals surface area contributed by atoms with Crippen molar-refractivity contribution in [2.75, 3.05) is 10.6 Å². The van der Waals surface area contributed by atoms with Crippen LogP contribution in [0.2, 0.25) is 5.02 Å². The maximum atomic E-state index is 12.1. The summed E-state index contributed by atoms with van der Waals surface area (Å²) in [6, 6.07) is 14.3. The molecule has 0 aliphatic heterocycles. The van der Waals surface area contributed by atoms with Gasteiger partial charge in [0.1, 0.15) is 0 Å². The zero-order valence-electron chi connectivity index (χ0n) is 14.5. The summed E-state index contributed by atoms with van der Waals surface area (Å²) in [5.74, 6) is -0.367. The Morgan fingerprint density at radius 2 is 1.60 bits per heavy atom. The fraction of sp³-hybridized carbons (Fsp3) is 0.200. The van der Waals surface area contributed by atoms with Gasteiger partial charge in [-0.3, -0.25) is 9.59 Å². The predicted octanol–water partition coefficient (Wildman–Crippen LogP) is 4.98. The van der Waals surface area contributed by atoms with Gasteiger partial charge in [-0.2, -0.15) is 0 Å². The summed E-state index contributed by atoms with van der Waals surface area (Å²) in [5.41, 5.74) is 1.51. The average molecular weight is 357 g/mol. The SMILES string of the molecule is CC(C)(C)C(=O)Nc1cccc(NC(=O)/C=C/c2ccccc2Cl)c1. The second-order valence-corrected chi connectivity index (χ2v) is 7.04. The molecule has 0 aliphatic carbocycles. The Morgan fingerprint density at radius 1 is 0.960 bits per heavy atom. The number of hydrogen-bond acceptors (Lipinski definition) is 2. The van der Waals surface area contributed by atoms with Crippen molar-refractivity contribution in [3.8, 4) is 0 Å². The van der Waals surface area contributed by atoms with Gasteiger partial charge in [-0.15, -0.1) is 0 Å². The van der Waals surface area contributed by atoms with Crippen LogP contribution in [0.25, 0.3) is 6.08 Å². The summed E-state index contributed by atoms with van der Waals surface area (Å²) in [4.78, 5) is 24.1. The highest BCUT2D eigenvalue weighted by Crippen LogP contribution is 2.20. The van der Waals surface area contributed by atoms with Crippen molar-refractivity contribution in [2.45, 2.75) is 20.8 Å². The lowest BCUT2D eigenvalue weighted by Gasteiger charge is -2.18. The van der Waals surface area contributed by atoms with E-state index < -0.39 is 5.41 Å². The first-order chi connectivity index (χ1) is 11.8. The molecule has 4 nitrogen and oxygen atoms in total. The monoisotopic (exact) mass is 356 g/mol. The van der Waals surface area contributed by atoms with E-state index in [1.165, 1.54) is 6.08 Å². The highest BCUT2D eigenvalue weighted by Gasteiger charge is 2.21. The van der Waals surface area contributed by atoms with Crippen molar-refractivity contribution in [1.29, 1.82) is 0 Å². The van der Waals surface area contributed by atoms with E-state index in [9.17, 15) is 9.59 Å². The zero-order valence-corrected chi connectivity index (χ0v) is 15.2. The van der Waals surface area contributed by atoms with E-state index in [-0.39, 0.29) is 11.8 Å². The second-order valence-electron chi connectivity index (χ2n) is 6.63. The molecular formula is C20H21ClN2O2. The molecule has 2 rings (SSSR count). The van der Waals surface area contributed by atoms with Gasteiger partial charge in [-0.05, 0) is 35.9 Å². The summed E-state index contributed by atoms with van der Waals surface area (Å²) in [6.07, 6.45) is 3.07. The zero-order chi connectivity index (χ0) is 18.4. The topological polar surface area (TPSA) is 58.2 Å². The fourth-order valence-electron chi connectivity index (χ4n) is 1.95. The number of halogens is 1. The minimum atomic E-state index is -0.489. The summed E-state index contributed by atoms with van der Waals surface area (Å²) < 4.78 is 0. The number of carbonyl (C=O) groups is 2. The molecule has 0 bridgehead atoms. The molecule has 0 unspecified atom stereocenters.